The van der Waals surface area contributed by atoms with Gasteiger partial charge in [0.1, 0.15) is 0 Å². The van der Waals surface area contributed by atoms with Crippen LogP contribution in [0.1, 0.15) is 5.69 Å². The van der Waals surface area contributed by atoms with Crippen molar-refractivity contribution in [3.63, 3.8) is 0 Å². The molecule has 2 aromatic carbocycles. The minimum atomic E-state index is 0.750. The maximum Gasteiger partial charge on any atom is 0.194 e. The Morgan fingerprint density at radius 2 is 1.32 bits per heavy atom. The zero-order valence-corrected chi connectivity index (χ0v) is 19.5. The van der Waals surface area contributed by atoms with Crippen molar-refractivity contribution in [2.45, 2.75) is 6.92 Å². The largest absolute Gasteiger partial charge is 0.297 e. The van der Waals surface area contributed by atoms with Crippen LogP contribution < -0.4 is 0 Å². The number of rotatable bonds is 2. The molecule has 6 rings (SSSR count). The van der Waals surface area contributed by atoms with Gasteiger partial charge in [-0.1, -0.05) is 47.5 Å². The van der Waals surface area contributed by atoms with Crippen molar-refractivity contribution >= 4 is 55.8 Å². The monoisotopic (exact) mass is 482 g/mol. The summed E-state index contributed by atoms with van der Waals surface area (Å²) >= 11 is 15.0. The second kappa shape index (κ2) is 8.48. The van der Waals surface area contributed by atoms with Crippen LogP contribution in [0.25, 0.3) is 32.4 Å². The van der Waals surface area contributed by atoms with Crippen LogP contribution >= 0.6 is 45.9 Å². The van der Waals surface area contributed by atoms with Crippen LogP contribution in [-0.2, 0) is 0 Å². The zero-order chi connectivity index (χ0) is 21.4. The highest BCUT2D eigenvalue weighted by atomic mass is 35.5. The van der Waals surface area contributed by atoms with Gasteiger partial charge in [0.25, 0.3) is 0 Å². The lowest BCUT2D eigenvalue weighted by Crippen LogP contribution is -1.78. The maximum atomic E-state index is 5.86. The number of imidazole rings is 2. The van der Waals surface area contributed by atoms with Gasteiger partial charge in [-0.05, 0) is 31.2 Å². The predicted octanol–water partition coefficient (Wildman–Crippen LogP) is 7.74. The van der Waals surface area contributed by atoms with Gasteiger partial charge in [-0.15, -0.1) is 22.7 Å². The molecule has 0 amide bonds. The van der Waals surface area contributed by atoms with Gasteiger partial charge in [-0.2, -0.15) is 0 Å². The molecule has 0 aliphatic heterocycles. The molecule has 0 aliphatic carbocycles. The summed E-state index contributed by atoms with van der Waals surface area (Å²) in [7, 11) is 0. The third kappa shape index (κ3) is 4.25. The van der Waals surface area contributed by atoms with E-state index in [0.29, 0.717) is 0 Å². The first kappa shape index (κ1) is 20.3. The van der Waals surface area contributed by atoms with Gasteiger partial charge in [0, 0.05) is 56.2 Å². The van der Waals surface area contributed by atoms with Gasteiger partial charge in [0.2, 0.25) is 0 Å². The van der Waals surface area contributed by atoms with Crippen LogP contribution in [0, 0.1) is 6.92 Å². The molecule has 154 valence electrons. The Bertz CT molecular complexity index is 1430. The van der Waals surface area contributed by atoms with E-state index < -0.39 is 0 Å². The Morgan fingerprint density at radius 3 is 1.90 bits per heavy atom. The van der Waals surface area contributed by atoms with Crippen molar-refractivity contribution < 1.29 is 0 Å². The standard InChI is InChI=1S/C12H9ClN2S.C11H7ClN2S/c1-8-7-16-12-14-11(6-15(8)12)9-2-4-10(13)5-3-9;12-9-3-1-8(2-4-9)10-7-14-5-6-15-11(14)13-10/h2-7H,1H3;1-7H. The molecule has 0 bridgehead atoms. The van der Waals surface area contributed by atoms with Crippen LogP contribution in [0.15, 0.2) is 77.9 Å². The normalized spacial score (nSPS) is 11.1. The van der Waals surface area contributed by atoms with Crippen LogP contribution in [0.2, 0.25) is 10.0 Å². The number of thiazole rings is 2. The molecular formula is C23H16Cl2N4S2. The number of fused-ring (bicyclic) bond motifs is 2. The van der Waals surface area contributed by atoms with Crippen molar-refractivity contribution in [1.29, 1.82) is 0 Å². The molecule has 4 heterocycles. The van der Waals surface area contributed by atoms with E-state index >= 15 is 0 Å². The molecule has 0 spiro atoms. The lowest BCUT2D eigenvalue weighted by molar-refractivity contribution is 1.13. The average molecular weight is 483 g/mol. The van der Waals surface area contributed by atoms with Gasteiger partial charge in [-0.3, -0.25) is 8.80 Å². The lowest BCUT2D eigenvalue weighted by atomic mass is 10.2. The van der Waals surface area contributed by atoms with E-state index in [1.165, 1.54) is 5.69 Å². The van der Waals surface area contributed by atoms with Gasteiger partial charge < -0.3 is 0 Å². The first-order valence-corrected chi connectivity index (χ1v) is 12.0. The molecular weight excluding hydrogens is 467 g/mol. The molecule has 0 saturated carbocycles. The number of halogens is 2. The summed E-state index contributed by atoms with van der Waals surface area (Å²) in [5, 5.41) is 5.63. The Morgan fingerprint density at radius 1 is 0.742 bits per heavy atom. The predicted molar refractivity (Wildman–Crippen MR) is 132 cm³/mol. The van der Waals surface area contributed by atoms with Crippen LogP contribution in [0.4, 0.5) is 0 Å². The molecule has 4 nitrogen and oxygen atoms in total. The molecule has 0 saturated heterocycles. The summed E-state index contributed by atoms with van der Waals surface area (Å²) in [5.41, 5.74) is 5.38. The molecule has 0 atom stereocenters. The van der Waals surface area contributed by atoms with Crippen molar-refractivity contribution in [3.05, 3.63) is 93.6 Å². The summed E-state index contributed by atoms with van der Waals surface area (Å²) in [6.07, 6.45) is 6.09. The van der Waals surface area contributed by atoms with Crippen molar-refractivity contribution in [2.24, 2.45) is 0 Å². The second-order valence-electron chi connectivity index (χ2n) is 6.89. The Kier molecular flexibility index (Phi) is 5.54. The first-order valence-electron chi connectivity index (χ1n) is 9.44. The summed E-state index contributed by atoms with van der Waals surface area (Å²) in [6, 6.07) is 15.5. The molecule has 0 N–H and O–H groups in total. The van der Waals surface area contributed by atoms with Gasteiger partial charge >= 0.3 is 0 Å². The van der Waals surface area contributed by atoms with Crippen molar-refractivity contribution in [2.75, 3.05) is 0 Å². The summed E-state index contributed by atoms with van der Waals surface area (Å²) < 4.78 is 4.13. The number of nitrogens with zero attached hydrogens (tertiary/aromatic N) is 4. The number of hydrogen-bond acceptors (Lipinski definition) is 4. The number of hydrogen-bond donors (Lipinski definition) is 0. The first-order chi connectivity index (χ1) is 15.1. The molecule has 0 unspecified atom stereocenters. The maximum absolute atomic E-state index is 5.86. The average Bonchev–Trinajstić information content (AvgIpc) is 3.52. The zero-order valence-electron chi connectivity index (χ0n) is 16.4. The van der Waals surface area contributed by atoms with Gasteiger partial charge in [0.15, 0.2) is 9.92 Å². The smallest absolute Gasteiger partial charge is 0.194 e. The SMILES string of the molecule is Cc1csc2nc(-c3ccc(Cl)cc3)cn12.Clc1ccc(-c2cn3ccsc3n2)cc1. The van der Waals surface area contributed by atoms with Crippen LogP contribution in [-0.4, -0.2) is 18.8 Å². The Hall–Kier alpha value is -2.64. The van der Waals surface area contributed by atoms with Crippen molar-refractivity contribution in [3.8, 4) is 22.5 Å². The van der Waals surface area contributed by atoms with Crippen LogP contribution in [0.3, 0.4) is 0 Å². The fraction of sp³-hybridized carbons (Fsp3) is 0.0435. The highest BCUT2D eigenvalue weighted by Crippen LogP contribution is 2.25. The molecule has 31 heavy (non-hydrogen) atoms. The highest BCUT2D eigenvalue weighted by Gasteiger charge is 2.07. The van der Waals surface area contributed by atoms with E-state index in [2.05, 4.69) is 32.9 Å². The molecule has 6 aromatic rings. The van der Waals surface area contributed by atoms with E-state index in [1.54, 1.807) is 22.7 Å². The second-order valence-corrected chi connectivity index (χ2v) is 9.47. The summed E-state index contributed by atoms with van der Waals surface area (Å²) in [5.74, 6) is 0. The summed E-state index contributed by atoms with van der Waals surface area (Å²) in [4.78, 5) is 11.1. The van der Waals surface area contributed by atoms with E-state index in [4.69, 9.17) is 23.2 Å². The third-order valence-electron chi connectivity index (χ3n) is 4.76. The lowest BCUT2D eigenvalue weighted by Gasteiger charge is -1.95. The third-order valence-corrected chi connectivity index (χ3v) is 6.99. The number of aryl methyl sites for hydroxylation is 1. The van der Waals surface area contributed by atoms with E-state index in [-0.39, 0.29) is 0 Å². The molecule has 8 heteroatoms. The number of aromatic nitrogens is 4. The molecule has 4 aromatic heterocycles. The van der Waals surface area contributed by atoms with Crippen LogP contribution in [0.5, 0.6) is 0 Å². The number of benzene rings is 2. The van der Waals surface area contributed by atoms with E-state index in [1.807, 2.05) is 70.7 Å². The molecule has 0 radical (unpaired) electrons. The van der Waals surface area contributed by atoms with Crippen molar-refractivity contribution in [1.82, 2.24) is 18.8 Å². The van der Waals surface area contributed by atoms with E-state index in [9.17, 15) is 0 Å². The molecule has 0 fully saturated rings. The minimum Gasteiger partial charge on any atom is -0.297 e. The summed E-state index contributed by atoms with van der Waals surface area (Å²) in [6.45, 7) is 2.08. The minimum absolute atomic E-state index is 0.750. The quantitative estimate of drug-likeness (QED) is 0.252. The topological polar surface area (TPSA) is 34.6 Å². The van der Waals surface area contributed by atoms with Gasteiger partial charge in [-0.25, -0.2) is 9.97 Å². The van der Waals surface area contributed by atoms with Gasteiger partial charge in [0.05, 0.1) is 11.4 Å². The molecule has 0 aliphatic rings. The van der Waals surface area contributed by atoms with E-state index in [0.717, 1.165) is 42.5 Å². The Balaban J connectivity index is 0.000000132. The highest BCUT2D eigenvalue weighted by molar-refractivity contribution is 7.15. The fourth-order valence-corrected chi connectivity index (χ4v) is 4.94. The fourth-order valence-electron chi connectivity index (χ4n) is 3.14. The Labute approximate surface area is 197 Å².